The molecular weight excluding hydrogens is 266 g/mol. The Balaban J connectivity index is 2.24. The first-order chi connectivity index (χ1) is 10.3. The number of ether oxygens (including phenoxy) is 1. The van der Waals surface area contributed by atoms with Gasteiger partial charge in [0.2, 0.25) is 0 Å². The number of aromatic amines is 1. The minimum Gasteiger partial charge on any atom is -0.495 e. The normalized spacial score (nSPS) is 9.95. The second-order valence-corrected chi connectivity index (χ2v) is 4.29. The number of hydrogen-bond acceptors (Lipinski definition) is 4. The number of nitrogens with one attached hydrogen (secondary N) is 1. The third kappa shape index (κ3) is 2.47. The summed E-state index contributed by atoms with van der Waals surface area (Å²) in [7, 11) is 1.57. The maximum absolute atomic E-state index is 11.8. The number of fused-ring (bicyclic) bond motifs is 1. The van der Waals surface area contributed by atoms with Gasteiger partial charge in [-0.05, 0) is 24.3 Å². The molecule has 2 aromatic heterocycles. The van der Waals surface area contributed by atoms with Gasteiger partial charge in [0.25, 0.3) is 5.56 Å². The van der Waals surface area contributed by atoms with E-state index in [0.717, 1.165) is 5.56 Å². The largest absolute Gasteiger partial charge is 0.495 e. The number of H-pyrrole nitrogens is 1. The SMILES string of the molecule is COc1ccc2c(=O)[nH]ncc2c1C#Cc1ccncc1. The Hall–Kier alpha value is -3.13. The summed E-state index contributed by atoms with van der Waals surface area (Å²) in [6, 6.07) is 7.06. The first-order valence-electron chi connectivity index (χ1n) is 6.26. The Morgan fingerprint density at radius 3 is 2.67 bits per heavy atom. The lowest BCUT2D eigenvalue weighted by atomic mass is 10.1. The van der Waals surface area contributed by atoms with Crippen molar-refractivity contribution in [3.8, 4) is 17.6 Å². The van der Waals surface area contributed by atoms with E-state index in [1.54, 1.807) is 37.8 Å². The topological polar surface area (TPSA) is 67.9 Å². The average molecular weight is 277 g/mol. The average Bonchev–Trinajstić information content (AvgIpc) is 2.54. The number of pyridine rings is 1. The molecule has 2 heterocycles. The molecule has 0 amide bonds. The van der Waals surface area contributed by atoms with E-state index >= 15 is 0 Å². The minimum absolute atomic E-state index is 0.248. The number of aromatic nitrogens is 3. The van der Waals surface area contributed by atoms with E-state index in [-0.39, 0.29) is 5.56 Å². The van der Waals surface area contributed by atoms with Crippen molar-refractivity contribution in [2.75, 3.05) is 7.11 Å². The van der Waals surface area contributed by atoms with Crippen LogP contribution in [0.1, 0.15) is 11.1 Å². The van der Waals surface area contributed by atoms with Gasteiger partial charge in [0, 0.05) is 23.3 Å². The van der Waals surface area contributed by atoms with Crippen molar-refractivity contribution in [2.45, 2.75) is 0 Å². The zero-order valence-corrected chi connectivity index (χ0v) is 11.3. The lowest BCUT2D eigenvalue weighted by Gasteiger charge is -2.05. The van der Waals surface area contributed by atoms with E-state index in [0.29, 0.717) is 22.1 Å². The highest BCUT2D eigenvalue weighted by atomic mass is 16.5. The van der Waals surface area contributed by atoms with E-state index in [9.17, 15) is 4.79 Å². The molecule has 0 saturated heterocycles. The maximum atomic E-state index is 11.8. The first-order valence-corrected chi connectivity index (χ1v) is 6.26. The molecule has 0 bridgehead atoms. The van der Waals surface area contributed by atoms with Crippen LogP contribution in [0.5, 0.6) is 5.75 Å². The molecule has 0 atom stereocenters. The van der Waals surface area contributed by atoms with E-state index in [4.69, 9.17) is 4.74 Å². The molecule has 0 unspecified atom stereocenters. The third-order valence-corrected chi connectivity index (χ3v) is 3.04. The van der Waals surface area contributed by atoms with Crippen LogP contribution in [0, 0.1) is 11.8 Å². The Bertz CT molecular complexity index is 905. The van der Waals surface area contributed by atoms with Gasteiger partial charge in [0.15, 0.2) is 0 Å². The second kappa shape index (κ2) is 5.47. The summed E-state index contributed by atoms with van der Waals surface area (Å²) in [5, 5.41) is 7.44. The van der Waals surface area contributed by atoms with Gasteiger partial charge in [-0.15, -0.1) is 0 Å². The van der Waals surface area contributed by atoms with Gasteiger partial charge in [-0.2, -0.15) is 5.10 Å². The monoisotopic (exact) mass is 277 g/mol. The molecule has 0 fully saturated rings. The van der Waals surface area contributed by atoms with Crippen LogP contribution in [0.25, 0.3) is 10.8 Å². The highest BCUT2D eigenvalue weighted by molar-refractivity contribution is 5.89. The molecule has 0 aliphatic heterocycles. The van der Waals surface area contributed by atoms with Gasteiger partial charge in [0.05, 0.1) is 24.3 Å². The molecule has 21 heavy (non-hydrogen) atoms. The van der Waals surface area contributed by atoms with Gasteiger partial charge in [-0.25, -0.2) is 5.10 Å². The fourth-order valence-corrected chi connectivity index (χ4v) is 2.02. The Morgan fingerprint density at radius 2 is 1.90 bits per heavy atom. The fraction of sp³-hybridized carbons (Fsp3) is 0.0625. The Kier molecular flexibility index (Phi) is 3.36. The second-order valence-electron chi connectivity index (χ2n) is 4.29. The van der Waals surface area contributed by atoms with Crippen LogP contribution >= 0.6 is 0 Å². The van der Waals surface area contributed by atoms with Crippen molar-refractivity contribution < 1.29 is 4.74 Å². The van der Waals surface area contributed by atoms with Crippen LogP contribution in [-0.2, 0) is 0 Å². The van der Waals surface area contributed by atoms with Crippen LogP contribution in [0.2, 0.25) is 0 Å². The summed E-state index contributed by atoms with van der Waals surface area (Å²) in [4.78, 5) is 15.7. The van der Waals surface area contributed by atoms with Crippen molar-refractivity contribution >= 4 is 10.8 Å². The molecule has 0 radical (unpaired) electrons. The third-order valence-electron chi connectivity index (χ3n) is 3.04. The molecule has 1 aromatic carbocycles. The van der Waals surface area contributed by atoms with Gasteiger partial charge in [-0.1, -0.05) is 11.8 Å². The predicted molar refractivity (Wildman–Crippen MR) is 79.1 cm³/mol. The molecule has 3 rings (SSSR count). The zero-order chi connectivity index (χ0) is 14.7. The van der Waals surface area contributed by atoms with Crippen molar-refractivity contribution in [1.82, 2.24) is 15.2 Å². The Labute approximate surface area is 120 Å². The first kappa shape index (κ1) is 12.9. The standard InChI is InChI=1S/C16H11N3O2/c1-21-15-5-4-13-14(10-18-19-16(13)20)12(15)3-2-11-6-8-17-9-7-11/h4-10H,1H3,(H,19,20). The van der Waals surface area contributed by atoms with Gasteiger partial charge >= 0.3 is 0 Å². The summed E-state index contributed by atoms with van der Waals surface area (Å²) in [5.74, 6) is 6.70. The maximum Gasteiger partial charge on any atom is 0.272 e. The lowest BCUT2D eigenvalue weighted by Crippen LogP contribution is -2.08. The summed E-state index contributed by atoms with van der Waals surface area (Å²) in [6.45, 7) is 0. The van der Waals surface area contributed by atoms with Crippen LogP contribution in [0.3, 0.4) is 0 Å². The van der Waals surface area contributed by atoms with Crippen molar-refractivity contribution in [3.05, 3.63) is 64.3 Å². The molecule has 0 spiro atoms. The van der Waals surface area contributed by atoms with Crippen molar-refractivity contribution in [2.24, 2.45) is 0 Å². The zero-order valence-electron chi connectivity index (χ0n) is 11.3. The molecule has 5 heteroatoms. The highest BCUT2D eigenvalue weighted by Gasteiger charge is 2.08. The van der Waals surface area contributed by atoms with E-state index < -0.39 is 0 Å². The van der Waals surface area contributed by atoms with Crippen molar-refractivity contribution in [3.63, 3.8) is 0 Å². The van der Waals surface area contributed by atoms with Crippen LogP contribution < -0.4 is 10.3 Å². The summed E-state index contributed by atoms with van der Waals surface area (Å²) in [6.07, 6.45) is 4.93. The molecule has 102 valence electrons. The summed E-state index contributed by atoms with van der Waals surface area (Å²) >= 11 is 0. The quantitative estimate of drug-likeness (QED) is 0.688. The number of methoxy groups -OCH3 is 1. The molecule has 0 saturated carbocycles. The van der Waals surface area contributed by atoms with Gasteiger partial charge < -0.3 is 4.74 Å². The van der Waals surface area contributed by atoms with Crippen LogP contribution in [0.15, 0.2) is 47.7 Å². The molecule has 5 nitrogen and oxygen atoms in total. The van der Waals surface area contributed by atoms with Crippen molar-refractivity contribution in [1.29, 1.82) is 0 Å². The molecular formula is C16H11N3O2. The number of rotatable bonds is 1. The summed E-state index contributed by atoms with van der Waals surface area (Å²) in [5.41, 5.74) is 1.23. The van der Waals surface area contributed by atoms with E-state index in [2.05, 4.69) is 27.0 Å². The minimum atomic E-state index is -0.248. The predicted octanol–water partition coefficient (Wildman–Crippen LogP) is 1.73. The molecule has 1 N–H and O–H groups in total. The molecule has 0 aliphatic rings. The van der Waals surface area contributed by atoms with Gasteiger partial charge in [0.1, 0.15) is 5.75 Å². The van der Waals surface area contributed by atoms with Crippen LogP contribution in [-0.4, -0.2) is 22.3 Å². The van der Waals surface area contributed by atoms with Gasteiger partial charge in [-0.3, -0.25) is 9.78 Å². The number of hydrogen-bond donors (Lipinski definition) is 1. The Morgan fingerprint density at radius 1 is 1.10 bits per heavy atom. The lowest BCUT2D eigenvalue weighted by molar-refractivity contribution is 0.414. The van der Waals surface area contributed by atoms with E-state index in [1.165, 1.54) is 0 Å². The highest BCUT2D eigenvalue weighted by Crippen LogP contribution is 2.24. The van der Waals surface area contributed by atoms with Crippen LogP contribution in [0.4, 0.5) is 0 Å². The number of nitrogens with zero attached hydrogens (tertiary/aromatic N) is 2. The molecule has 3 aromatic rings. The fourth-order valence-electron chi connectivity index (χ4n) is 2.02. The smallest absolute Gasteiger partial charge is 0.272 e. The van der Waals surface area contributed by atoms with E-state index in [1.807, 2.05) is 12.1 Å². The number of benzene rings is 1. The summed E-state index contributed by atoms with van der Waals surface area (Å²) < 4.78 is 5.33. The molecule has 0 aliphatic carbocycles.